The Balaban J connectivity index is 1.31. The molecule has 1 amide bonds. The smallest absolute Gasteiger partial charge is 0.258 e. The van der Waals surface area contributed by atoms with Crippen molar-refractivity contribution in [2.75, 3.05) is 6.54 Å². The summed E-state index contributed by atoms with van der Waals surface area (Å²) >= 11 is 0. The Morgan fingerprint density at radius 1 is 1.11 bits per heavy atom. The number of hydrogen-bond donors (Lipinski definition) is 1. The molecule has 0 bridgehead atoms. The van der Waals surface area contributed by atoms with Gasteiger partial charge in [-0.2, -0.15) is 15.3 Å². The zero-order chi connectivity index (χ0) is 24.4. The minimum absolute atomic E-state index is 0.188. The van der Waals surface area contributed by atoms with Crippen molar-refractivity contribution < 1.29 is 9.18 Å². The maximum absolute atomic E-state index is 14.4. The molecule has 1 aliphatic rings. The number of amides is 1. The third kappa shape index (κ3) is 3.05. The van der Waals surface area contributed by atoms with Crippen LogP contribution < -0.4 is 0 Å². The van der Waals surface area contributed by atoms with Crippen LogP contribution in [0.25, 0.3) is 22.3 Å². The molecule has 1 N–H and O–H groups in total. The third-order valence-corrected chi connectivity index (χ3v) is 6.69. The van der Waals surface area contributed by atoms with Crippen LogP contribution in [-0.2, 0) is 13.5 Å². The van der Waals surface area contributed by atoms with Crippen LogP contribution in [0, 0.1) is 5.82 Å². The third-order valence-electron chi connectivity index (χ3n) is 6.69. The number of aryl methyl sites for hydroxylation is 1. The van der Waals surface area contributed by atoms with Crippen molar-refractivity contribution in [2.45, 2.75) is 12.5 Å². The highest BCUT2D eigenvalue weighted by Crippen LogP contribution is 2.35. The molecule has 0 aromatic carbocycles. The Labute approximate surface area is 203 Å². The van der Waals surface area contributed by atoms with Gasteiger partial charge in [-0.3, -0.25) is 9.48 Å². The molecule has 1 aliphatic heterocycles. The number of nitrogens with zero attached hydrogens (tertiary/aromatic N) is 8. The number of fused-ring (bicyclic) bond motifs is 3. The number of hydrogen-bond acceptors (Lipinski definition) is 5. The molecule has 1 atom stereocenters. The van der Waals surface area contributed by atoms with E-state index < -0.39 is 6.04 Å². The van der Waals surface area contributed by atoms with Crippen LogP contribution in [-0.4, -0.2) is 56.3 Å². The maximum Gasteiger partial charge on any atom is 0.258 e. The summed E-state index contributed by atoms with van der Waals surface area (Å²) < 4.78 is 19.4. The summed E-state index contributed by atoms with van der Waals surface area (Å²) in [5.74, 6) is -0.565. The molecular weight excluding hydrogens is 461 g/mol. The molecule has 0 saturated heterocycles. The predicted molar refractivity (Wildman–Crippen MR) is 128 cm³/mol. The Morgan fingerprint density at radius 2 is 2.03 bits per heavy atom. The largest absolute Gasteiger partial charge is 0.348 e. The quantitative estimate of drug-likeness (QED) is 0.419. The van der Waals surface area contributed by atoms with Gasteiger partial charge >= 0.3 is 0 Å². The highest BCUT2D eigenvalue weighted by Gasteiger charge is 2.37. The van der Waals surface area contributed by atoms with Gasteiger partial charge in [0.25, 0.3) is 5.91 Å². The lowest BCUT2D eigenvalue weighted by Crippen LogP contribution is -2.41. The molecular formula is C25H20FN9O. The van der Waals surface area contributed by atoms with E-state index in [1.54, 1.807) is 45.0 Å². The standard InChI is InChI=1S/C25H20FN9O/c1-32-9-6-18(30-32)15-4-5-21-16(12-29-35(21)13-15)25(36)33-10-7-19-23(28-14-27-19)24(33)20-11-22-17(26)3-2-8-34(22)31-20/h2-6,8-9,11-14,24H,7,10H2,1H3,(H,27,28)/t24-/m1/s1. The van der Waals surface area contributed by atoms with Crippen molar-refractivity contribution in [1.29, 1.82) is 0 Å². The van der Waals surface area contributed by atoms with Crippen LogP contribution >= 0.6 is 0 Å². The zero-order valence-electron chi connectivity index (χ0n) is 19.2. The van der Waals surface area contributed by atoms with Gasteiger partial charge in [-0.05, 0) is 36.4 Å². The Morgan fingerprint density at radius 3 is 2.86 bits per heavy atom. The highest BCUT2D eigenvalue weighted by atomic mass is 19.1. The summed E-state index contributed by atoms with van der Waals surface area (Å²) in [6, 6.07) is 9.84. The topological polar surface area (TPSA) is 101 Å². The van der Waals surface area contributed by atoms with Crippen molar-refractivity contribution in [3.63, 3.8) is 0 Å². The minimum atomic E-state index is -0.561. The lowest BCUT2D eigenvalue weighted by Gasteiger charge is -2.33. The molecule has 6 aromatic heterocycles. The van der Waals surface area contributed by atoms with Crippen molar-refractivity contribution in [1.82, 2.24) is 43.9 Å². The van der Waals surface area contributed by atoms with Gasteiger partial charge in [0.2, 0.25) is 0 Å². The average molecular weight is 481 g/mol. The van der Waals surface area contributed by atoms with E-state index in [-0.39, 0.29) is 11.7 Å². The second kappa shape index (κ2) is 7.60. The Bertz CT molecular complexity index is 1770. The van der Waals surface area contributed by atoms with Crippen LogP contribution in [0.3, 0.4) is 0 Å². The van der Waals surface area contributed by atoms with E-state index in [1.165, 1.54) is 10.6 Å². The number of aromatic nitrogens is 8. The summed E-state index contributed by atoms with van der Waals surface area (Å²) in [6.45, 7) is 0.457. The van der Waals surface area contributed by atoms with E-state index >= 15 is 0 Å². The zero-order valence-corrected chi connectivity index (χ0v) is 19.2. The highest BCUT2D eigenvalue weighted by molar-refractivity contribution is 6.01. The SMILES string of the molecule is Cn1ccc(-c2ccc3c(C(=O)N4CCc5[nH]cnc5[C@H]4c4cc5c(F)cccn5n4)cnn3c2)n1. The molecule has 0 spiro atoms. The molecule has 0 fully saturated rings. The first-order chi connectivity index (χ1) is 17.6. The summed E-state index contributed by atoms with van der Waals surface area (Å²) in [4.78, 5) is 23.4. The van der Waals surface area contributed by atoms with Gasteiger partial charge in [0.05, 0.1) is 40.7 Å². The second-order valence-corrected chi connectivity index (χ2v) is 8.85. The number of nitrogens with one attached hydrogen (secondary N) is 1. The van der Waals surface area contributed by atoms with E-state index in [0.29, 0.717) is 41.0 Å². The second-order valence-electron chi connectivity index (χ2n) is 8.85. The number of H-pyrrole nitrogens is 1. The minimum Gasteiger partial charge on any atom is -0.348 e. The number of pyridine rings is 2. The molecule has 178 valence electrons. The number of carbonyl (C=O) groups excluding carboxylic acids is 1. The molecule has 0 unspecified atom stereocenters. The van der Waals surface area contributed by atoms with E-state index in [2.05, 4.69) is 25.3 Å². The first kappa shape index (κ1) is 20.6. The molecule has 6 aromatic rings. The molecule has 36 heavy (non-hydrogen) atoms. The van der Waals surface area contributed by atoms with E-state index in [4.69, 9.17) is 0 Å². The molecule has 0 aliphatic carbocycles. The molecule has 7 rings (SSSR count). The van der Waals surface area contributed by atoms with Crippen molar-refractivity contribution in [3.05, 3.63) is 96.0 Å². The van der Waals surface area contributed by atoms with Crippen LogP contribution in [0.4, 0.5) is 4.39 Å². The van der Waals surface area contributed by atoms with Gasteiger partial charge in [0, 0.05) is 49.9 Å². The lowest BCUT2D eigenvalue weighted by atomic mass is 9.98. The van der Waals surface area contributed by atoms with Gasteiger partial charge in [-0.15, -0.1) is 0 Å². The number of imidazole rings is 1. The van der Waals surface area contributed by atoms with Crippen molar-refractivity contribution >= 4 is 16.9 Å². The van der Waals surface area contributed by atoms with Gasteiger partial charge in [-0.1, -0.05) is 0 Å². The van der Waals surface area contributed by atoms with Crippen molar-refractivity contribution in [3.8, 4) is 11.3 Å². The van der Waals surface area contributed by atoms with E-state index in [0.717, 1.165) is 17.0 Å². The van der Waals surface area contributed by atoms with Crippen molar-refractivity contribution in [2.24, 2.45) is 7.05 Å². The Kier molecular flexibility index (Phi) is 4.34. The predicted octanol–water partition coefficient (Wildman–Crippen LogP) is 3.03. The summed E-state index contributed by atoms with van der Waals surface area (Å²) in [6.07, 6.45) is 9.26. The summed E-state index contributed by atoms with van der Waals surface area (Å²) in [5, 5.41) is 13.5. The first-order valence-corrected chi connectivity index (χ1v) is 11.5. The fourth-order valence-electron chi connectivity index (χ4n) is 4.95. The molecule has 0 saturated carbocycles. The lowest BCUT2D eigenvalue weighted by molar-refractivity contribution is 0.0689. The average Bonchev–Trinajstić information content (AvgIpc) is 3.68. The normalized spacial score (nSPS) is 15.6. The number of rotatable bonds is 3. The summed E-state index contributed by atoms with van der Waals surface area (Å²) in [7, 11) is 1.87. The molecule has 7 heterocycles. The fourth-order valence-corrected chi connectivity index (χ4v) is 4.95. The van der Waals surface area contributed by atoms with Gasteiger partial charge < -0.3 is 9.88 Å². The van der Waals surface area contributed by atoms with Crippen LogP contribution in [0.2, 0.25) is 0 Å². The molecule has 11 heteroatoms. The van der Waals surface area contributed by atoms with Gasteiger partial charge in [-0.25, -0.2) is 18.4 Å². The van der Waals surface area contributed by atoms with Gasteiger partial charge in [0.15, 0.2) is 0 Å². The number of aromatic amines is 1. The molecule has 0 radical (unpaired) electrons. The molecule has 10 nitrogen and oxygen atoms in total. The van der Waals surface area contributed by atoms with Gasteiger partial charge in [0.1, 0.15) is 17.4 Å². The van der Waals surface area contributed by atoms with E-state index in [9.17, 15) is 9.18 Å². The van der Waals surface area contributed by atoms with E-state index in [1.807, 2.05) is 37.6 Å². The monoisotopic (exact) mass is 481 g/mol. The van der Waals surface area contributed by atoms with Crippen LogP contribution in [0.1, 0.15) is 33.5 Å². The van der Waals surface area contributed by atoms with Crippen LogP contribution in [0.5, 0.6) is 0 Å². The maximum atomic E-state index is 14.4. The van der Waals surface area contributed by atoms with Crippen LogP contribution in [0.15, 0.2) is 67.5 Å². The Hall–Kier alpha value is -4.80. The summed E-state index contributed by atoms with van der Waals surface area (Å²) in [5.41, 5.74) is 5.44. The first-order valence-electron chi connectivity index (χ1n) is 11.5. The number of halogens is 1. The fraction of sp³-hybridized carbons (Fsp3) is 0.160. The number of carbonyl (C=O) groups is 1.